The van der Waals surface area contributed by atoms with E-state index in [2.05, 4.69) is 77.4 Å². The zero-order valence-corrected chi connectivity index (χ0v) is 15.8. The summed E-state index contributed by atoms with van der Waals surface area (Å²) in [7, 11) is 0. The molecular formula is C21H25N5. The molecule has 0 radical (unpaired) electrons. The number of aromatic nitrogens is 3. The molecule has 5 heteroatoms. The van der Waals surface area contributed by atoms with Gasteiger partial charge in [0, 0.05) is 17.9 Å². The molecule has 0 unspecified atom stereocenters. The van der Waals surface area contributed by atoms with E-state index >= 15 is 0 Å². The first kappa shape index (κ1) is 17.9. The predicted molar refractivity (Wildman–Crippen MR) is 107 cm³/mol. The summed E-state index contributed by atoms with van der Waals surface area (Å²) in [6.07, 6.45) is 1.68. The highest BCUT2D eigenvalue weighted by atomic mass is 15.3. The van der Waals surface area contributed by atoms with Crippen LogP contribution in [0.5, 0.6) is 0 Å². The molecule has 3 rings (SSSR count). The van der Waals surface area contributed by atoms with Gasteiger partial charge in [0.1, 0.15) is 0 Å². The minimum Gasteiger partial charge on any atom is -0.325 e. The lowest BCUT2D eigenvalue weighted by molar-refractivity contribution is 0.590. The molecule has 1 aromatic heterocycles. The SMILES string of the molecule is CCN(c1ccccc1)c1cnnc(Nc2ccc(C(C)(C)C)cc2)n1. The van der Waals surface area contributed by atoms with Gasteiger partial charge in [-0.2, -0.15) is 10.1 Å². The van der Waals surface area contributed by atoms with Crippen LogP contribution in [0.15, 0.2) is 60.8 Å². The van der Waals surface area contributed by atoms with Crippen molar-refractivity contribution in [1.29, 1.82) is 0 Å². The van der Waals surface area contributed by atoms with Crippen LogP contribution in [0.4, 0.5) is 23.1 Å². The van der Waals surface area contributed by atoms with Crippen molar-refractivity contribution in [3.63, 3.8) is 0 Å². The van der Waals surface area contributed by atoms with Gasteiger partial charge in [-0.1, -0.05) is 51.1 Å². The van der Waals surface area contributed by atoms with Crippen molar-refractivity contribution in [3.8, 4) is 0 Å². The van der Waals surface area contributed by atoms with Crippen molar-refractivity contribution >= 4 is 23.1 Å². The van der Waals surface area contributed by atoms with Crippen LogP contribution in [0.3, 0.4) is 0 Å². The Balaban J connectivity index is 1.81. The van der Waals surface area contributed by atoms with Gasteiger partial charge in [-0.05, 0) is 42.2 Å². The normalized spacial score (nSPS) is 11.2. The molecule has 1 N–H and O–H groups in total. The van der Waals surface area contributed by atoms with Gasteiger partial charge in [-0.25, -0.2) is 0 Å². The van der Waals surface area contributed by atoms with E-state index in [0.29, 0.717) is 5.95 Å². The van der Waals surface area contributed by atoms with Gasteiger partial charge in [0.05, 0.1) is 6.20 Å². The van der Waals surface area contributed by atoms with E-state index in [1.54, 1.807) is 6.20 Å². The van der Waals surface area contributed by atoms with E-state index in [1.807, 2.05) is 30.3 Å². The van der Waals surface area contributed by atoms with E-state index in [1.165, 1.54) is 5.56 Å². The van der Waals surface area contributed by atoms with Gasteiger partial charge in [0.15, 0.2) is 5.82 Å². The maximum absolute atomic E-state index is 4.63. The Morgan fingerprint density at radius 3 is 2.27 bits per heavy atom. The fraction of sp³-hybridized carbons (Fsp3) is 0.286. The van der Waals surface area contributed by atoms with Crippen LogP contribution in [0.25, 0.3) is 0 Å². The number of para-hydroxylation sites is 1. The lowest BCUT2D eigenvalue weighted by Gasteiger charge is -2.22. The average molecular weight is 347 g/mol. The molecular weight excluding hydrogens is 322 g/mol. The van der Waals surface area contributed by atoms with E-state index in [4.69, 9.17) is 0 Å². The van der Waals surface area contributed by atoms with Crippen molar-refractivity contribution in [1.82, 2.24) is 15.2 Å². The highest BCUT2D eigenvalue weighted by Crippen LogP contribution is 2.25. The van der Waals surface area contributed by atoms with Crippen molar-refractivity contribution in [3.05, 3.63) is 66.4 Å². The Hall–Kier alpha value is -2.95. The second kappa shape index (κ2) is 7.52. The van der Waals surface area contributed by atoms with Crippen molar-refractivity contribution in [2.75, 3.05) is 16.8 Å². The molecule has 0 saturated carbocycles. The van der Waals surface area contributed by atoms with Gasteiger partial charge in [-0.15, -0.1) is 5.10 Å². The second-order valence-electron chi connectivity index (χ2n) is 7.17. The molecule has 0 aliphatic carbocycles. The standard InChI is InChI=1S/C21H25N5/c1-5-26(18-9-7-6-8-10-18)19-15-22-25-20(24-19)23-17-13-11-16(12-14-17)21(2,3)4/h6-15H,5H2,1-4H3,(H,23,24,25). The largest absolute Gasteiger partial charge is 0.325 e. The molecule has 1 heterocycles. The molecule has 0 atom stereocenters. The fourth-order valence-electron chi connectivity index (χ4n) is 2.75. The topological polar surface area (TPSA) is 53.9 Å². The van der Waals surface area contributed by atoms with E-state index in [9.17, 15) is 0 Å². The summed E-state index contributed by atoms with van der Waals surface area (Å²) in [6.45, 7) is 9.49. The van der Waals surface area contributed by atoms with Crippen molar-refractivity contribution in [2.24, 2.45) is 0 Å². The Labute approximate surface area is 155 Å². The number of rotatable bonds is 5. The van der Waals surface area contributed by atoms with Gasteiger partial charge in [0.2, 0.25) is 5.95 Å². The van der Waals surface area contributed by atoms with Crippen LogP contribution in [0.2, 0.25) is 0 Å². The molecule has 0 aliphatic heterocycles. The first-order valence-corrected chi connectivity index (χ1v) is 8.87. The Morgan fingerprint density at radius 1 is 0.962 bits per heavy atom. The summed E-state index contributed by atoms with van der Waals surface area (Å²) in [6, 6.07) is 18.5. The fourth-order valence-corrected chi connectivity index (χ4v) is 2.75. The molecule has 0 aliphatic rings. The number of benzene rings is 2. The summed E-state index contributed by atoms with van der Waals surface area (Å²) < 4.78 is 0. The molecule has 0 bridgehead atoms. The number of hydrogen-bond donors (Lipinski definition) is 1. The van der Waals surface area contributed by atoms with Gasteiger partial charge in [-0.3, -0.25) is 0 Å². The van der Waals surface area contributed by atoms with Crippen molar-refractivity contribution < 1.29 is 0 Å². The van der Waals surface area contributed by atoms with Gasteiger partial charge < -0.3 is 10.2 Å². The zero-order valence-electron chi connectivity index (χ0n) is 15.8. The van der Waals surface area contributed by atoms with Crippen LogP contribution < -0.4 is 10.2 Å². The minimum absolute atomic E-state index is 0.133. The van der Waals surface area contributed by atoms with Crippen LogP contribution in [-0.4, -0.2) is 21.7 Å². The van der Waals surface area contributed by atoms with Crippen LogP contribution in [0.1, 0.15) is 33.3 Å². The lowest BCUT2D eigenvalue weighted by atomic mass is 9.87. The van der Waals surface area contributed by atoms with Crippen LogP contribution in [0, 0.1) is 0 Å². The quantitative estimate of drug-likeness (QED) is 0.698. The predicted octanol–water partition coefficient (Wildman–Crippen LogP) is 5.07. The summed E-state index contributed by atoms with van der Waals surface area (Å²) >= 11 is 0. The molecule has 0 spiro atoms. The third-order valence-electron chi connectivity index (χ3n) is 4.21. The molecule has 134 valence electrons. The lowest BCUT2D eigenvalue weighted by Crippen LogP contribution is -2.18. The summed E-state index contributed by atoms with van der Waals surface area (Å²) in [5.74, 6) is 1.25. The smallest absolute Gasteiger partial charge is 0.249 e. The molecule has 2 aromatic carbocycles. The number of nitrogens with zero attached hydrogens (tertiary/aromatic N) is 4. The second-order valence-corrected chi connectivity index (χ2v) is 7.17. The molecule has 5 nitrogen and oxygen atoms in total. The third kappa shape index (κ3) is 4.17. The van der Waals surface area contributed by atoms with Gasteiger partial charge in [0.25, 0.3) is 0 Å². The van der Waals surface area contributed by atoms with Crippen LogP contribution in [-0.2, 0) is 5.41 Å². The van der Waals surface area contributed by atoms with Crippen molar-refractivity contribution in [2.45, 2.75) is 33.1 Å². The maximum atomic E-state index is 4.63. The minimum atomic E-state index is 0.133. The van der Waals surface area contributed by atoms with Gasteiger partial charge >= 0.3 is 0 Å². The molecule has 0 amide bonds. The number of hydrogen-bond acceptors (Lipinski definition) is 5. The van der Waals surface area contributed by atoms with E-state index in [0.717, 1.165) is 23.7 Å². The number of nitrogens with one attached hydrogen (secondary N) is 1. The first-order valence-electron chi connectivity index (χ1n) is 8.87. The molecule has 0 saturated heterocycles. The summed E-state index contributed by atoms with van der Waals surface area (Å²) in [4.78, 5) is 6.73. The monoisotopic (exact) mass is 347 g/mol. The molecule has 26 heavy (non-hydrogen) atoms. The van der Waals surface area contributed by atoms with Crippen LogP contribution >= 0.6 is 0 Å². The molecule has 0 fully saturated rings. The maximum Gasteiger partial charge on any atom is 0.249 e. The van der Waals surface area contributed by atoms with E-state index in [-0.39, 0.29) is 5.41 Å². The third-order valence-corrected chi connectivity index (χ3v) is 4.21. The highest BCUT2D eigenvalue weighted by Gasteiger charge is 2.13. The first-order chi connectivity index (χ1) is 12.5. The Morgan fingerprint density at radius 2 is 1.65 bits per heavy atom. The Kier molecular flexibility index (Phi) is 5.16. The zero-order chi connectivity index (χ0) is 18.6. The highest BCUT2D eigenvalue weighted by molar-refractivity contribution is 5.61. The van der Waals surface area contributed by atoms with E-state index < -0.39 is 0 Å². The molecule has 3 aromatic rings. The summed E-state index contributed by atoms with van der Waals surface area (Å²) in [5, 5.41) is 11.5. The average Bonchev–Trinajstić information content (AvgIpc) is 2.63. The number of anilines is 4. The Bertz CT molecular complexity index is 838. The summed E-state index contributed by atoms with van der Waals surface area (Å²) in [5.41, 5.74) is 3.45.